The number of carboxylic acid groups (broad SMARTS) is 1. The summed E-state index contributed by atoms with van der Waals surface area (Å²) in [5.74, 6) is 0.449. The molecule has 0 aromatic heterocycles. The fourth-order valence-corrected chi connectivity index (χ4v) is 4.00. The number of nitrogens with zero attached hydrogens (tertiary/aromatic N) is 2. The summed E-state index contributed by atoms with van der Waals surface area (Å²) in [7, 11) is 1.87. The average molecular weight is 310 g/mol. The third-order valence-electron chi connectivity index (χ3n) is 5.30. The molecular weight excluding hydrogens is 280 g/mol. The van der Waals surface area contributed by atoms with E-state index in [0.717, 1.165) is 45.2 Å². The van der Waals surface area contributed by atoms with E-state index in [4.69, 9.17) is 5.11 Å². The van der Waals surface area contributed by atoms with Gasteiger partial charge < -0.3 is 10.0 Å². The van der Waals surface area contributed by atoms with Crippen LogP contribution in [-0.4, -0.2) is 59.5 Å². The number of aliphatic carboxylic acids is 1. The molecule has 0 aromatic rings. The monoisotopic (exact) mass is 310 g/mol. The molecule has 0 bridgehead atoms. The molecule has 1 heterocycles. The van der Waals surface area contributed by atoms with Crippen molar-refractivity contribution < 1.29 is 14.7 Å². The molecule has 2 rings (SSSR count). The van der Waals surface area contributed by atoms with Gasteiger partial charge in [-0.3, -0.25) is 14.5 Å². The largest absolute Gasteiger partial charge is 0.480 e. The van der Waals surface area contributed by atoms with Gasteiger partial charge in [-0.25, -0.2) is 0 Å². The van der Waals surface area contributed by atoms with Crippen molar-refractivity contribution in [3.05, 3.63) is 0 Å². The number of hydrogen-bond acceptors (Lipinski definition) is 3. The quantitative estimate of drug-likeness (QED) is 0.865. The van der Waals surface area contributed by atoms with Crippen molar-refractivity contribution in [2.24, 2.45) is 11.8 Å². The van der Waals surface area contributed by atoms with E-state index in [1.54, 1.807) is 0 Å². The fraction of sp³-hybridized carbons (Fsp3) is 0.882. The normalized spacial score (nSPS) is 30.1. The average Bonchev–Trinajstić information content (AvgIpc) is 2.71. The molecular formula is C17H30N2O3. The zero-order valence-electron chi connectivity index (χ0n) is 14.0. The van der Waals surface area contributed by atoms with Crippen LogP contribution in [-0.2, 0) is 9.59 Å². The Labute approximate surface area is 133 Å². The van der Waals surface area contributed by atoms with Crippen molar-refractivity contribution >= 4 is 11.9 Å². The molecule has 5 heteroatoms. The second kappa shape index (κ2) is 7.95. The van der Waals surface area contributed by atoms with Crippen LogP contribution in [0.1, 0.15) is 51.9 Å². The molecule has 0 radical (unpaired) electrons. The van der Waals surface area contributed by atoms with Gasteiger partial charge in [-0.05, 0) is 45.1 Å². The lowest BCUT2D eigenvalue weighted by Crippen LogP contribution is -2.40. The molecule has 3 unspecified atom stereocenters. The smallest absolute Gasteiger partial charge is 0.317 e. The van der Waals surface area contributed by atoms with Crippen molar-refractivity contribution in [1.29, 1.82) is 0 Å². The molecule has 2 fully saturated rings. The van der Waals surface area contributed by atoms with Gasteiger partial charge in [-0.15, -0.1) is 0 Å². The minimum atomic E-state index is -0.782. The highest BCUT2D eigenvalue weighted by atomic mass is 16.4. The van der Waals surface area contributed by atoms with Crippen LogP contribution in [0.25, 0.3) is 0 Å². The third kappa shape index (κ3) is 4.70. The van der Waals surface area contributed by atoms with E-state index < -0.39 is 5.97 Å². The Hall–Kier alpha value is -1.10. The number of carbonyl (C=O) groups excluding carboxylic acids is 1. The van der Waals surface area contributed by atoms with E-state index in [-0.39, 0.29) is 18.5 Å². The van der Waals surface area contributed by atoms with Gasteiger partial charge in [0.25, 0.3) is 0 Å². The van der Waals surface area contributed by atoms with Gasteiger partial charge in [0, 0.05) is 25.0 Å². The lowest BCUT2D eigenvalue weighted by atomic mass is 9.81. The number of rotatable bonds is 4. The summed E-state index contributed by atoms with van der Waals surface area (Å²) in [4.78, 5) is 27.5. The zero-order chi connectivity index (χ0) is 16.1. The highest BCUT2D eigenvalue weighted by molar-refractivity contribution is 5.79. The number of likely N-dealkylation sites (N-methyl/N-ethyl adjacent to an activating group) is 1. The molecule has 1 aliphatic carbocycles. The number of carbonyl (C=O) groups is 2. The maximum absolute atomic E-state index is 12.7. The van der Waals surface area contributed by atoms with Crippen molar-refractivity contribution in [3.8, 4) is 0 Å². The summed E-state index contributed by atoms with van der Waals surface area (Å²) in [6.07, 6.45) is 7.36. The second-order valence-corrected chi connectivity index (χ2v) is 7.19. The van der Waals surface area contributed by atoms with Crippen LogP contribution in [0, 0.1) is 11.8 Å². The standard InChI is InChI=1S/C17H30N2O3/c1-13-5-3-6-14(11-13)17(22)19-9-4-7-15(8-10-19)18(2)12-16(20)21/h13-15H,3-12H2,1-2H3,(H,20,21). The van der Waals surface area contributed by atoms with Gasteiger partial charge in [-0.1, -0.05) is 19.8 Å². The molecule has 1 saturated heterocycles. The Morgan fingerprint density at radius 2 is 1.91 bits per heavy atom. The number of likely N-dealkylation sites (tertiary alicyclic amines) is 1. The van der Waals surface area contributed by atoms with Gasteiger partial charge in [-0.2, -0.15) is 0 Å². The molecule has 0 aromatic carbocycles. The van der Waals surface area contributed by atoms with Crippen LogP contribution in [0.5, 0.6) is 0 Å². The summed E-state index contributed by atoms with van der Waals surface area (Å²) >= 11 is 0. The van der Waals surface area contributed by atoms with Crippen LogP contribution < -0.4 is 0 Å². The molecule has 2 aliphatic rings. The minimum Gasteiger partial charge on any atom is -0.480 e. The van der Waals surface area contributed by atoms with Gasteiger partial charge in [0.1, 0.15) is 0 Å². The number of hydrogen-bond donors (Lipinski definition) is 1. The topological polar surface area (TPSA) is 60.9 Å². The fourth-order valence-electron chi connectivity index (χ4n) is 4.00. The van der Waals surface area contributed by atoms with Gasteiger partial charge in [0.15, 0.2) is 0 Å². The molecule has 1 N–H and O–H groups in total. The molecule has 3 atom stereocenters. The number of carboxylic acids is 1. The highest BCUT2D eigenvalue weighted by Gasteiger charge is 2.30. The highest BCUT2D eigenvalue weighted by Crippen LogP contribution is 2.30. The van der Waals surface area contributed by atoms with Crippen molar-refractivity contribution in [1.82, 2.24) is 9.80 Å². The van der Waals surface area contributed by atoms with Crippen LogP contribution >= 0.6 is 0 Å². The van der Waals surface area contributed by atoms with Gasteiger partial charge in [0.05, 0.1) is 6.54 Å². The summed E-state index contributed by atoms with van der Waals surface area (Å²) < 4.78 is 0. The molecule has 126 valence electrons. The first-order valence-electron chi connectivity index (χ1n) is 8.68. The molecule has 5 nitrogen and oxygen atoms in total. The van der Waals surface area contributed by atoms with E-state index in [9.17, 15) is 9.59 Å². The minimum absolute atomic E-state index is 0.0821. The summed E-state index contributed by atoms with van der Waals surface area (Å²) in [5, 5.41) is 8.91. The summed E-state index contributed by atoms with van der Waals surface area (Å²) in [6, 6.07) is 0.277. The van der Waals surface area contributed by atoms with Crippen molar-refractivity contribution in [2.45, 2.75) is 57.9 Å². The Kier molecular flexibility index (Phi) is 6.24. The van der Waals surface area contributed by atoms with E-state index in [2.05, 4.69) is 6.92 Å². The van der Waals surface area contributed by atoms with Gasteiger partial charge in [0.2, 0.25) is 5.91 Å². The lowest BCUT2D eigenvalue weighted by molar-refractivity contribution is -0.139. The molecule has 1 saturated carbocycles. The van der Waals surface area contributed by atoms with Crippen LogP contribution in [0.2, 0.25) is 0 Å². The number of amides is 1. The first kappa shape index (κ1) is 17.3. The molecule has 1 aliphatic heterocycles. The van der Waals surface area contributed by atoms with Gasteiger partial charge >= 0.3 is 5.97 Å². The first-order valence-corrected chi connectivity index (χ1v) is 8.68. The Morgan fingerprint density at radius 3 is 2.59 bits per heavy atom. The van der Waals surface area contributed by atoms with Crippen LogP contribution in [0.4, 0.5) is 0 Å². The second-order valence-electron chi connectivity index (χ2n) is 7.19. The maximum Gasteiger partial charge on any atom is 0.317 e. The first-order chi connectivity index (χ1) is 10.5. The Balaban J connectivity index is 1.86. The summed E-state index contributed by atoms with van der Waals surface area (Å²) in [6.45, 7) is 3.94. The Morgan fingerprint density at radius 1 is 1.14 bits per heavy atom. The SMILES string of the molecule is CC1CCCC(C(=O)N2CCCC(N(C)CC(=O)O)CC2)C1. The summed E-state index contributed by atoms with van der Waals surface area (Å²) in [5.41, 5.74) is 0. The Bertz CT molecular complexity index is 399. The predicted octanol–water partition coefficient (Wildman–Crippen LogP) is 2.21. The van der Waals surface area contributed by atoms with Crippen molar-refractivity contribution in [3.63, 3.8) is 0 Å². The lowest BCUT2D eigenvalue weighted by Gasteiger charge is -2.31. The van der Waals surface area contributed by atoms with E-state index in [0.29, 0.717) is 11.8 Å². The van der Waals surface area contributed by atoms with E-state index >= 15 is 0 Å². The third-order valence-corrected chi connectivity index (χ3v) is 5.30. The van der Waals surface area contributed by atoms with Crippen LogP contribution in [0.15, 0.2) is 0 Å². The predicted molar refractivity (Wildman–Crippen MR) is 85.6 cm³/mol. The van der Waals surface area contributed by atoms with E-state index in [1.807, 2.05) is 16.8 Å². The zero-order valence-corrected chi connectivity index (χ0v) is 14.0. The molecule has 22 heavy (non-hydrogen) atoms. The molecule has 0 spiro atoms. The maximum atomic E-state index is 12.7. The molecule has 1 amide bonds. The van der Waals surface area contributed by atoms with Crippen molar-refractivity contribution in [2.75, 3.05) is 26.7 Å². The van der Waals surface area contributed by atoms with Crippen LogP contribution in [0.3, 0.4) is 0 Å². The van der Waals surface area contributed by atoms with E-state index in [1.165, 1.54) is 12.8 Å².